The zero-order chi connectivity index (χ0) is 15.2. The molecule has 0 saturated heterocycles. The van der Waals surface area contributed by atoms with E-state index in [9.17, 15) is 20.4 Å². The van der Waals surface area contributed by atoms with Gasteiger partial charge in [-0.1, -0.05) is 36.4 Å². The van der Waals surface area contributed by atoms with Crippen molar-refractivity contribution in [3.8, 4) is 11.5 Å². The summed E-state index contributed by atoms with van der Waals surface area (Å²) in [5, 5.41) is 37.7. The molecule has 21 heavy (non-hydrogen) atoms. The van der Waals surface area contributed by atoms with Crippen LogP contribution in [0.4, 0.5) is 0 Å². The maximum atomic E-state index is 9.96. The van der Waals surface area contributed by atoms with E-state index >= 15 is 0 Å². The number of aliphatic hydroxyl groups excluding tert-OH is 2. The van der Waals surface area contributed by atoms with Crippen molar-refractivity contribution in [1.29, 1.82) is 0 Å². The molecule has 0 bridgehead atoms. The van der Waals surface area contributed by atoms with Gasteiger partial charge in [-0.3, -0.25) is 0 Å². The van der Waals surface area contributed by atoms with Crippen LogP contribution in [0.25, 0.3) is 6.08 Å². The third-order valence-corrected chi connectivity index (χ3v) is 3.27. The molecule has 2 aromatic carbocycles. The largest absolute Gasteiger partial charge is 0.508 e. The molecule has 4 nitrogen and oxygen atoms in total. The van der Waals surface area contributed by atoms with Gasteiger partial charge in [0.1, 0.15) is 11.5 Å². The first kappa shape index (κ1) is 15.1. The van der Waals surface area contributed by atoms with Crippen LogP contribution >= 0.6 is 0 Å². The van der Waals surface area contributed by atoms with E-state index in [1.807, 2.05) is 6.08 Å². The lowest BCUT2D eigenvalue weighted by atomic mass is 9.92. The van der Waals surface area contributed by atoms with Crippen LogP contribution in [0, 0.1) is 0 Å². The predicted octanol–water partition coefficient (Wildman–Crippen LogP) is 2.25. The molecule has 4 N–H and O–H groups in total. The van der Waals surface area contributed by atoms with Crippen LogP contribution in [0.5, 0.6) is 11.5 Å². The van der Waals surface area contributed by atoms with Gasteiger partial charge in [0, 0.05) is 5.92 Å². The normalized spacial score (nSPS) is 14.2. The lowest BCUT2D eigenvalue weighted by Crippen LogP contribution is -2.20. The summed E-state index contributed by atoms with van der Waals surface area (Å²) < 4.78 is 0. The molecule has 2 rings (SSSR count). The minimum Gasteiger partial charge on any atom is -0.508 e. The number of phenolic OH excluding ortho intramolecular Hbond substituents is 2. The second-order valence-electron chi connectivity index (χ2n) is 4.82. The van der Waals surface area contributed by atoms with Gasteiger partial charge in [0.15, 0.2) is 0 Å². The average Bonchev–Trinajstić information content (AvgIpc) is 2.50. The molecule has 4 heteroatoms. The Hall–Kier alpha value is -2.30. The van der Waals surface area contributed by atoms with E-state index in [4.69, 9.17) is 0 Å². The van der Waals surface area contributed by atoms with Gasteiger partial charge >= 0.3 is 0 Å². The number of hydrogen-bond acceptors (Lipinski definition) is 4. The topological polar surface area (TPSA) is 80.9 Å². The number of aromatic hydroxyl groups is 2. The van der Waals surface area contributed by atoms with Crippen molar-refractivity contribution in [2.45, 2.75) is 12.0 Å². The van der Waals surface area contributed by atoms with Crippen molar-refractivity contribution in [1.82, 2.24) is 0 Å². The van der Waals surface area contributed by atoms with Crippen LogP contribution in [0.1, 0.15) is 17.0 Å². The summed E-state index contributed by atoms with van der Waals surface area (Å²) in [7, 11) is 0. The number of rotatable bonds is 5. The molecule has 0 aliphatic carbocycles. The van der Waals surface area contributed by atoms with E-state index < -0.39 is 6.10 Å². The monoisotopic (exact) mass is 286 g/mol. The zero-order valence-corrected chi connectivity index (χ0v) is 11.4. The Labute approximate surface area is 123 Å². The highest BCUT2D eigenvalue weighted by Crippen LogP contribution is 2.25. The summed E-state index contributed by atoms with van der Waals surface area (Å²) in [6, 6.07) is 13.2. The molecule has 0 unspecified atom stereocenters. The molecule has 0 amide bonds. The third kappa shape index (κ3) is 4.08. The van der Waals surface area contributed by atoms with E-state index in [0.29, 0.717) is 0 Å². The Kier molecular flexibility index (Phi) is 4.98. The molecule has 0 spiro atoms. The average molecular weight is 286 g/mol. The van der Waals surface area contributed by atoms with Crippen molar-refractivity contribution >= 4 is 6.08 Å². The van der Waals surface area contributed by atoms with Crippen LogP contribution in [0.2, 0.25) is 0 Å². The van der Waals surface area contributed by atoms with E-state index in [-0.39, 0.29) is 24.0 Å². The Morgan fingerprint density at radius 2 is 1.38 bits per heavy atom. The highest BCUT2D eigenvalue weighted by Gasteiger charge is 2.17. The molecule has 2 atom stereocenters. The van der Waals surface area contributed by atoms with Crippen molar-refractivity contribution in [2.24, 2.45) is 0 Å². The Bertz CT molecular complexity index is 587. The summed E-state index contributed by atoms with van der Waals surface area (Å²) >= 11 is 0. The quantitative estimate of drug-likeness (QED) is 0.679. The van der Waals surface area contributed by atoms with Crippen molar-refractivity contribution in [3.63, 3.8) is 0 Å². The summed E-state index contributed by atoms with van der Waals surface area (Å²) in [4.78, 5) is 0. The lowest BCUT2D eigenvalue weighted by molar-refractivity contribution is 0.0842. The minimum atomic E-state index is -0.928. The van der Waals surface area contributed by atoms with Crippen LogP contribution < -0.4 is 0 Å². The van der Waals surface area contributed by atoms with Gasteiger partial charge in [-0.2, -0.15) is 0 Å². The van der Waals surface area contributed by atoms with Crippen LogP contribution in [-0.2, 0) is 0 Å². The summed E-state index contributed by atoms with van der Waals surface area (Å²) in [6.07, 6.45) is 2.68. The van der Waals surface area contributed by atoms with Crippen molar-refractivity contribution < 1.29 is 20.4 Å². The third-order valence-electron chi connectivity index (χ3n) is 3.27. The van der Waals surface area contributed by atoms with Gasteiger partial charge in [-0.05, 0) is 35.4 Å². The Morgan fingerprint density at radius 3 is 1.90 bits per heavy atom. The molecule has 0 aliphatic rings. The molecule has 2 aromatic rings. The molecule has 0 heterocycles. The first-order valence-corrected chi connectivity index (χ1v) is 6.65. The van der Waals surface area contributed by atoms with Crippen LogP contribution in [0.3, 0.4) is 0 Å². The van der Waals surface area contributed by atoms with Crippen LogP contribution in [0.15, 0.2) is 54.6 Å². The van der Waals surface area contributed by atoms with E-state index in [2.05, 4.69) is 0 Å². The maximum absolute atomic E-state index is 9.96. The predicted molar refractivity (Wildman–Crippen MR) is 81.1 cm³/mol. The fraction of sp³-hybridized carbons (Fsp3) is 0.176. The Morgan fingerprint density at radius 1 is 0.857 bits per heavy atom. The van der Waals surface area contributed by atoms with Gasteiger partial charge in [0.25, 0.3) is 0 Å². The number of benzene rings is 2. The molecule has 0 fully saturated rings. The summed E-state index contributed by atoms with van der Waals surface area (Å²) in [5.41, 5.74) is 1.67. The fourth-order valence-electron chi connectivity index (χ4n) is 2.07. The molecular formula is C17H18O4. The standard InChI is InChI=1S/C17H18O4/c18-11-17(21)16(13-4-8-15(20)9-5-13)10-3-12-1-6-14(19)7-2-12/h1-10,16-21H,11H2/b10-3-/t16-,17+/m1/s1. The Balaban J connectivity index is 2.24. The lowest BCUT2D eigenvalue weighted by Gasteiger charge is -2.18. The van der Waals surface area contributed by atoms with Crippen molar-refractivity contribution in [3.05, 3.63) is 65.7 Å². The zero-order valence-electron chi connectivity index (χ0n) is 11.4. The van der Waals surface area contributed by atoms with Gasteiger partial charge in [0.2, 0.25) is 0 Å². The minimum absolute atomic E-state index is 0.151. The first-order valence-electron chi connectivity index (χ1n) is 6.65. The fourth-order valence-corrected chi connectivity index (χ4v) is 2.07. The van der Waals surface area contributed by atoms with Gasteiger partial charge in [-0.25, -0.2) is 0 Å². The number of phenols is 2. The van der Waals surface area contributed by atoms with Crippen LogP contribution in [-0.4, -0.2) is 33.1 Å². The molecular weight excluding hydrogens is 268 g/mol. The molecule has 110 valence electrons. The number of aliphatic hydroxyl groups is 2. The van der Waals surface area contributed by atoms with Gasteiger partial charge in [0.05, 0.1) is 12.7 Å². The van der Waals surface area contributed by atoms with E-state index in [1.54, 1.807) is 54.6 Å². The maximum Gasteiger partial charge on any atom is 0.115 e. The molecule has 0 saturated carbocycles. The second-order valence-corrected chi connectivity index (χ2v) is 4.82. The summed E-state index contributed by atoms with van der Waals surface area (Å²) in [6.45, 7) is -0.356. The second kappa shape index (κ2) is 6.92. The number of hydrogen-bond donors (Lipinski definition) is 4. The first-order chi connectivity index (χ1) is 10.1. The smallest absolute Gasteiger partial charge is 0.115 e. The SMILES string of the molecule is OC[C@H](O)[C@H](/C=C\c1ccc(O)cc1)c1ccc(O)cc1. The van der Waals surface area contributed by atoms with Gasteiger partial charge < -0.3 is 20.4 Å². The molecule has 0 radical (unpaired) electrons. The molecule has 0 aromatic heterocycles. The highest BCUT2D eigenvalue weighted by atomic mass is 16.3. The summed E-state index contributed by atoms with van der Waals surface area (Å²) in [5.74, 6) is -0.0412. The van der Waals surface area contributed by atoms with Crippen molar-refractivity contribution in [2.75, 3.05) is 6.61 Å². The van der Waals surface area contributed by atoms with Gasteiger partial charge in [-0.15, -0.1) is 0 Å². The molecule has 0 aliphatic heterocycles. The highest BCUT2D eigenvalue weighted by molar-refractivity contribution is 5.52. The van der Waals surface area contributed by atoms with E-state index in [1.165, 1.54) is 0 Å². The van der Waals surface area contributed by atoms with E-state index in [0.717, 1.165) is 11.1 Å².